The van der Waals surface area contributed by atoms with Gasteiger partial charge in [-0.2, -0.15) is 13.2 Å². The highest BCUT2D eigenvalue weighted by Gasteiger charge is 2.33. The molecule has 24 heavy (non-hydrogen) atoms. The zero-order valence-electron chi connectivity index (χ0n) is 12.0. The number of benzene rings is 2. The number of cyclic esters (lactones) is 1. The van der Waals surface area contributed by atoms with Gasteiger partial charge in [-0.1, -0.05) is 29.8 Å². The first-order valence-electron chi connectivity index (χ1n) is 6.79. The predicted molar refractivity (Wildman–Crippen MR) is 83.5 cm³/mol. The average Bonchev–Trinajstić information content (AvgIpc) is 2.88. The number of nitrogens with zero attached hydrogens (tertiary/aromatic N) is 1. The molecular weight excluding hydrogens is 343 g/mol. The molecule has 0 aromatic heterocycles. The first-order valence-corrected chi connectivity index (χ1v) is 7.17. The lowest BCUT2D eigenvalue weighted by Gasteiger charge is -2.09. The van der Waals surface area contributed by atoms with Crippen LogP contribution in [-0.4, -0.2) is 11.9 Å². The van der Waals surface area contributed by atoms with Crippen LogP contribution in [-0.2, 0) is 15.7 Å². The Bertz CT molecular complexity index is 855. The fourth-order valence-corrected chi connectivity index (χ4v) is 2.28. The maximum atomic E-state index is 13.0. The number of esters is 1. The van der Waals surface area contributed by atoms with Gasteiger partial charge in [-0.3, -0.25) is 0 Å². The summed E-state index contributed by atoms with van der Waals surface area (Å²) in [5, 5.41) is 0.499. The van der Waals surface area contributed by atoms with Crippen molar-refractivity contribution in [2.75, 3.05) is 0 Å². The Hall–Kier alpha value is -2.60. The van der Waals surface area contributed by atoms with E-state index in [0.717, 1.165) is 12.1 Å². The molecule has 2 aromatic carbocycles. The molecular formula is C17H9ClF3NO2. The number of carbonyl (C=O) groups is 1. The van der Waals surface area contributed by atoms with E-state index in [1.165, 1.54) is 18.2 Å². The minimum atomic E-state index is -4.53. The molecule has 0 amide bonds. The molecule has 0 radical (unpaired) electrons. The second kappa shape index (κ2) is 6.13. The van der Waals surface area contributed by atoms with Gasteiger partial charge in [0.1, 0.15) is 0 Å². The first kappa shape index (κ1) is 16.3. The lowest BCUT2D eigenvalue weighted by atomic mass is 10.1. The van der Waals surface area contributed by atoms with E-state index in [2.05, 4.69) is 4.99 Å². The molecule has 7 heteroatoms. The molecule has 1 heterocycles. The third kappa shape index (κ3) is 3.33. The fourth-order valence-electron chi connectivity index (χ4n) is 2.15. The highest BCUT2D eigenvalue weighted by Crippen LogP contribution is 2.33. The van der Waals surface area contributed by atoms with Gasteiger partial charge < -0.3 is 4.74 Å². The molecule has 0 aliphatic carbocycles. The van der Waals surface area contributed by atoms with E-state index < -0.39 is 17.7 Å². The molecule has 3 rings (SSSR count). The van der Waals surface area contributed by atoms with Crippen LogP contribution in [0.1, 0.15) is 16.7 Å². The molecule has 3 nitrogen and oxygen atoms in total. The van der Waals surface area contributed by atoms with Crippen LogP contribution < -0.4 is 0 Å². The lowest BCUT2D eigenvalue weighted by Crippen LogP contribution is -2.08. The molecule has 1 aliphatic rings. The number of hydrogen-bond acceptors (Lipinski definition) is 3. The molecule has 0 N–H and O–H groups in total. The molecule has 122 valence electrons. The molecule has 0 atom stereocenters. The Morgan fingerprint density at radius 1 is 1.04 bits per heavy atom. The number of alkyl halides is 3. The van der Waals surface area contributed by atoms with Crippen molar-refractivity contribution in [1.29, 1.82) is 0 Å². The van der Waals surface area contributed by atoms with Gasteiger partial charge in [0, 0.05) is 10.6 Å². The van der Waals surface area contributed by atoms with Crippen molar-refractivity contribution in [3.8, 4) is 0 Å². The maximum absolute atomic E-state index is 13.0. The second-order valence-electron chi connectivity index (χ2n) is 4.93. The van der Waals surface area contributed by atoms with E-state index in [1.807, 2.05) is 0 Å². The summed E-state index contributed by atoms with van der Waals surface area (Å²) in [6.45, 7) is 0. The number of hydrogen-bond donors (Lipinski definition) is 0. The third-order valence-corrected chi connectivity index (χ3v) is 3.52. The van der Waals surface area contributed by atoms with Crippen molar-refractivity contribution in [3.05, 3.63) is 75.9 Å². The van der Waals surface area contributed by atoms with Crippen LogP contribution in [0.5, 0.6) is 0 Å². The smallest absolute Gasteiger partial charge is 0.402 e. The molecule has 2 aromatic rings. The standard InChI is InChI=1S/C17H9ClF3NO2/c18-12-7-5-10(6-8-12)15-22-14(16(23)24-15)9-11-3-1-2-4-13(11)17(19,20)21/h1-9H/b14-9-. The van der Waals surface area contributed by atoms with Crippen LogP contribution in [0.4, 0.5) is 13.2 Å². The highest BCUT2D eigenvalue weighted by atomic mass is 35.5. The number of carbonyl (C=O) groups excluding carboxylic acids is 1. The first-order chi connectivity index (χ1) is 11.3. The number of aliphatic imine (C=N–C) groups is 1. The zero-order valence-corrected chi connectivity index (χ0v) is 12.7. The van der Waals surface area contributed by atoms with Gasteiger partial charge in [0.2, 0.25) is 5.90 Å². The quantitative estimate of drug-likeness (QED) is 0.581. The van der Waals surface area contributed by atoms with Gasteiger partial charge in [-0.05, 0) is 42.0 Å². The number of rotatable bonds is 2. The summed E-state index contributed by atoms with van der Waals surface area (Å²) in [4.78, 5) is 15.9. The second-order valence-corrected chi connectivity index (χ2v) is 5.36. The Morgan fingerprint density at radius 2 is 1.71 bits per heavy atom. The number of ether oxygens (including phenoxy) is 1. The van der Waals surface area contributed by atoms with E-state index in [-0.39, 0.29) is 17.2 Å². The van der Waals surface area contributed by atoms with Crippen molar-refractivity contribution < 1.29 is 22.7 Å². The highest BCUT2D eigenvalue weighted by molar-refractivity contribution is 6.30. The molecule has 0 saturated heterocycles. The minimum absolute atomic E-state index is 0.0207. The van der Waals surface area contributed by atoms with E-state index in [9.17, 15) is 18.0 Å². The van der Waals surface area contributed by atoms with Gasteiger partial charge in [-0.15, -0.1) is 0 Å². The summed E-state index contributed by atoms with van der Waals surface area (Å²) < 4.78 is 44.0. The lowest BCUT2D eigenvalue weighted by molar-refractivity contribution is -0.137. The van der Waals surface area contributed by atoms with Crippen molar-refractivity contribution >= 4 is 29.5 Å². The van der Waals surface area contributed by atoms with Gasteiger partial charge >= 0.3 is 12.1 Å². The van der Waals surface area contributed by atoms with Gasteiger partial charge in [0.25, 0.3) is 0 Å². The molecule has 0 unspecified atom stereocenters. The topological polar surface area (TPSA) is 38.7 Å². The predicted octanol–water partition coefficient (Wildman–Crippen LogP) is 4.70. The van der Waals surface area contributed by atoms with Crippen LogP contribution in [0.3, 0.4) is 0 Å². The zero-order chi connectivity index (χ0) is 17.3. The normalized spacial score (nSPS) is 16.2. The van der Waals surface area contributed by atoms with E-state index >= 15 is 0 Å². The molecule has 0 saturated carbocycles. The maximum Gasteiger partial charge on any atom is 0.416 e. The average molecular weight is 352 g/mol. The van der Waals surface area contributed by atoms with E-state index in [4.69, 9.17) is 16.3 Å². The van der Waals surface area contributed by atoms with Gasteiger partial charge in [0.05, 0.1) is 5.56 Å². The van der Waals surface area contributed by atoms with Crippen LogP contribution >= 0.6 is 11.6 Å². The minimum Gasteiger partial charge on any atom is -0.402 e. The van der Waals surface area contributed by atoms with E-state index in [1.54, 1.807) is 24.3 Å². The van der Waals surface area contributed by atoms with Gasteiger partial charge in [-0.25, -0.2) is 9.79 Å². The van der Waals surface area contributed by atoms with Crippen LogP contribution in [0.2, 0.25) is 5.02 Å². The molecule has 0 fully saturated rings. The summed E-state index contributed by atoms with van der Waals surface area (Å²) in [6.07, 6.45) is -3.47. The van der Waals surface area contributed by atoms with E-state index in [0.29, 0.717) is 10.6 Å². The van der Waals surface area contributed by atoms with Crippen molar-refractivity contribution in [1.82, 2.24) is 0 Å². The third-order valence-electron chi connectivity index (χ3n) is 3.27. The summed E-state index contributed by atoms with van der Waals surface area (Å²) in [5.74, 6) is -0.788. The number of halogens is 4. The van der Waals surface area contributed by atoms with Crippen molar-refractivity contribution in [2.24, 2.45) is 4.99 Å². The van der Waals surface area contributed by atoms with Crippen LogP contribution in [0.15, 0.2) is 59.2 Å². The summed E-state index contributed by atoms with van der Waals surface area (Å²) >= 11 is 5.78. The summed E-state index contributed by atoms with van der Waals surface area (Å²) in [7, 11) is 0. The molecule has 1 aliphatic heterocycles. The van der Waals surface area contributed by atoms with Crippen molar-refractivity contribution in [2.45, 2.75) is 6.18 Å². The van der Waals surface area contributed by atoms with Crippen molar-refractivity contribution in [3.63, 3.8) is 0 Å². The molecule has 0 spiro atoms. The Morgan fingerprint density at radius 3 is 2.38 bits per heavy atom. The SMILES string of the molecule is O=C1OC(c2ccc(Cl)cc2)=N/C1=C\c1ccccc1C(F)(F)F. The summed E-state index contributed by atoms with van der Waals surface area (Å²) in [6, 6.07) is 11.3. The molecule has 0 bridgehead atoms. The Balaban J connectivity index is 1.99. The summed E-state index contributed by atoms with van der Waals surface area (Å²) in [5.41, 5.74) is -0.699. The van der Waals surface area contributed by atoms with Crippen LogP contribution in [0.25, 0.3) is 6.08 Å². The van der Waals surface area contributed by atoms with Gasteiger partial charge in [0.15, 0.2) is 5.70 Å². The fraction of sp³-hybridized carbons (Fsp3) is 0.0588. The Kier molecular flexibility index (Phi) is 4.15. The monoisotopic (exact) mass is 351 g/mol. The van der Waals surface area contributed by atoms with Crippen LogP contribution in [0, 0.1) is 0 Å². The largest absolute Gasteiger partial charge is 0.416 e. The Labute approximate surface area is 140 Å².